The molecular weight excluding hydrogens is 366 g/mol. The van der Waals surface area contributed by atoms with Gasteiger partial charge in [-0.3, -0.25) is 14.4 Å². The van der Waals surface area contributed by atoms with Crippen molar-refractivity contribution in [1.82, 2.24) is 10.6 Å². The van der Waals surface area contributed by atoms with Crippen LogP contribution in [0.25, 0.3) is 0 Å². The van der Waals surface area contributed by atoms with E-state index in [1.807, 2.05) is 6.07 Å². The number of hydrogen-bond acceptors (Lipinski definition) is 7. The fraction of sp³-hybridized carbons (Fsp3) is 0.474. The maximum Gasteiger partial charge on any atom is 0.328 e. The smallest absolute Gasteiger partial charge is 0.328 e. The molecule has 0 unspecified atom stereocenters. The van der Waals surface area contributed by atoms with Crippen molar-refractivity contribution in [2.24, 2.45) is 5.73 Å². The molecular formula is C19H27N3O6. The lowest BCUT2D eigenvalue weighted by atomic mass is 10.1. The summed E-state index contributed by atoms with van der Waals surface area (Å²) in [6.07, 6.45) is -0.410. The van der Waals surface area contributed by atoms with Crippen LogP contribution in [0, 0.1) is 0 Å². The molecule has 0 aliphatic carbocycles. The number of amides is 2. The van der Waals surface area contributed by atoms with E-state index in [1.54, 1.807) is 31.2 Å². The fourth-order valence-corrected chi connectivity index (χ4v) is 2.12. The average Bonchev–Trinajstić information content (AvgIpc) is 2.66. The van der Waals surface area contributed by atoms with Crippen LogP contribution < -0.4 is 16.4 Å². The molecule has 0 radical (unpaired) electrons. The van der Waals surface area contributed by atoms with Crippen LogP contribution in [0.3, 0.4) is 0 Å². The Hall–Kier alpha value is -2.94. The van der Waals surface area contributed by atoms with Crippen LogP contribution >= 0.6 is 0 Å². The molecule has 2 amide bonds. The lowest BCUT2D eigenvalue weighted by molar-refractivity contribution is -0.148. The SMILES string of the molecule is CCOC(=O)[C@@H](C)NC(=O)[C@H](CC(=O)OCc1ccccc1)NC(=O)[C@@H](C)N. The van der Waals surface area contributed by atoms with Gasteiger partial charge in [0.05, 0.1) is 19.1 Å². The van der Waals surface area contributed by atoms with Gasteiger partial charge in [0.2, 0.25) is 11.8 Å². The maximum absolute atomic E-state index is 12.4. The Balaban J connectivity index is 2.72. The molecule has 0 spiro atoms. The summed E-state index contributed by atoms with van der Waals surface area (Å²) in [4.78, 5) is 48.1. The Morgan fingerprint density at radius 2 is 1.64 bits per heavy atom. The van der Waals surface area contributed by atoms with Crippen LogP contribution in [0.5, 0.6) is 0 Å². The second-order valence-electron chi connectivity index (χ2n) is 6.18. The lowest BCUT2D eigenvalue weighted by Gasteiger charge is -2.21. The van der Waals surface area contributed by atoms with Crippen molar-refractivity contribution >= 4 is 23.8 Å². The molecule has 4 N–H and O–H groups in total. The molecule has 0 aliphatic heterocycles. The van der Waals surface area contributed by atoms with E-state index >= 15 is 0 Å². The zero-order valence-electron chi connectivity index (χ0n) is 16.3. The molecule has 0 saturated carbocycles. The Morgan fingerprint density at radius 3 is 2.21 bits per heavy atom. The van der Waals surface area contributed by atoms with Crippen molar-refractivity contribution in [2.75, 3.05) is 6.61 Å². The first-order valence-electron chi connectivity index (χ1n) is 8.97. The van der Waals surface area contributed by atoms with E-state index in [9.17, 15) is 19.2 Å². The highest BCUT2D eigenvalue weighted by Crippen LogP contribution is 2.04. The minimum atomic E-state index is -1.24. The van der Waals surface area contributed by atoms with Crippen LogP contribution in [-0.2, 0) is 35.3 Å². The maximum atomic E-state index is 12.4. The van der Waals surface area contributed by atoms with Crippen molar-refractivity contribution < 1.29 is 28.7 Å². The van der Waals surface area contributed by atoms with E-state index in [1.165, 1.54) is 13.8 Å². The molecule has 0 bridgehead atoms. The number of esters is 2. The van der Waals surface area contributed by atoms with Crippen LogP contribution in [0.4, 0.5) is 0 Å². The summed E-state index contributed by atoms with van der Waals surface area (Å²) in [6, 6.07) is 5.96. The van der Waals surface area contributed by atoms with E-state index in [0.29, 0.717) is 0 Å². The van der Waals surface area contributed by atoms with Gasteiger partial charge < -0.3 is 25.8 Å². The molecule has 9 heteroatoms. The molecule has 0 fully saturated rings. The van der Waals surface area contributed by atoms with Crippen LogP contribution in [0.1, 0.15) is 32.8 Å². The van der Waals surface area contributed by atoms with Gasteiger partial charge in [-0.05, 0) is 26.3 Å². The molecule has 28 heavy (non-hydrogen) atoms. The van der Waals surface area contributed by atoms with Crippen molar-refractivity contribution in [1.29, 1.82) is 0 Å². The summed E-state index contributed by atoms with van der Waals surface area (Å²) < 4.78 is 9.97. The van der Waals surface area contributed by atoms with E-state index in [0.717, 1.165) is 5.56 Å². The highest BCUT2D eigenvalue weighted by Gasteiger charge is 2.28. The Labute approximate surface area is 163 Å². The second kappa shape index (κ2) is 11.7. The number of ether oxygens (including phenoxy) is 2. The number of rotatable bonds is 10. The summed E-state index contributed by atoms with van der Waals surface area (Å²) in [6.45, 7) is 4.72. The normalized spacial score (nSPS) is 13.6. The molecule has 154 valence electrons. The van der Waals surface area contributed by atoms with Crippen LogP contribution in [0.15, 0.2) is 30.3 Å². The molecule has 0 heterocycles. The van der Waals surface area contributed by atoms with Gasteiger partial charge in [0, 0.05) is 0 Å². The van der Waals surface area contributed by atoms with E-state index in [-0.39, 0.29) is 13.2 Å². The quantitative estimate of drug-likeness (QED) is 0.477. The number of hydrogen-bond donors (Lipinski definition) is 3. The van der Waals surface area contributed by atoms with E-state index < -0.39 is 48.3 Å². The highest BCUT2D eigenvalue weighted by molar-refractivity contribution is 5.94. The van der Waals surface area contributed by atoms with Gasteiger partial charge >= 0.3 is 11.9 Å². The summed E-state index contributed by atoms with van der Waals surface area (Å²) in [5.41, 5.74) is 6.29. The molecule has 0 saturated heterocycles. The zero-order chi connectivity index (χ0) is 21.1. The summed E-state index contributed by atoms with van der Waals surface area (Å²) in [5, 5.41) is 4.80. The highest BCUT2D eigenvalue weighted by atomic mass is 16.5. The number of carbonyl (C=O) groups is 4. The first-order valence-corrected chi connectivity index (χ1v) is 8.97. The largest absolute Gasteiger partial charge is 0.464 e. The third-order valence-corrected chi connectivity index (χ3v) is 3.66. The Kier molecular flexibility index (Phi) is 9.66. The summed E-state index contributed by atoms with van der Waals surface area (Å²) >= 11 is 0. The topological polar surface area (TPSA) is 137 Å². The van der Waals surface area contributed by atoms with Gasteiger partial charge in [0.25, 0.3) is 0 Å². The number of carbonyl (C=O) groups excluding carboxylic acids is 4. The van der Waals surface area contributed by atoms with Crippen molar-refractivity contribution in [3.8, 4) is 0 Å². The predicted molar refractivity (Wildman–Crippen MR) is 101 cm³/mol. The third-order valence-electron chi connectivity index (χ3n) is 3.66. The van der Waals surface area contributed by atoms with E-state index in [4.69, 9.17) is 15.2 Å². The minimum Gasteiger partial charge on any atom is -0.464 e. The minimum absolute atomic E-state index is 0.0362. The predicted octanol–water partition coefficient (Wildman–Crippen LogP) is 0.0197. The third kappa shape index (κ3) is 8.17. The number of nitrogens with one attached hydrogen (secondary N) is 2. The van der Waals surface area contributed by atoms with Gasteiger partial charge in [-0.2, -0.15) is 0 Å². The standard InChI is InChI=1S/C19H27N3O6/c1-4-27-19(26)13(3)21-18(25)15(22-17(24)12(2)20)10-16(23)28-11-14-8-6-5-7-9-14/h5-9,12-13,15H,4,10-11,20H2,1-3H3,(H,21,25)(H,22,24)/t12-,13-,15+/m1/s1. The van der Waals surface area contributed by atoms with Gasteiger partial charge in [0.15, 0.2) is 0 Å². The molecule has 1 rings (SSSR count). The second-order valence-corrected chi connectivity index (χ2v) is 6.18. The first-order chi connectivity index (χ1) is 13.2. The van der Waals surface area contributed by atoms with Gasteiger partial charge in [-0.1, -0.05) is 30.3 Å². The monoisotopic (exact) mass is 393 g/mol. The summed E-state index contributed by atoms with van der Waals surface area (Å²) in [7, 11) is 0. The van der Waals surface area contributed by atoms with Crippen molar-refractivity contribution in [2.45, 2.75) is 51.9 Å². The van der Waals surface area contributed by atoms with Crippen molar-refractivity contribution in [3.63, 3.8) is 0 Å². The molecule has 1 aromatic carbocycles. The molecule has 3 atom stereocenters. The molecule has 0 aliphatic rings. The number of nitrogens with two attached hydrogens (primary N) is 1. The summed E-state index contributed by atoms with van der Waals surface area (Å²) in [5.74, 6) is -2.64. The Morgan fingerprint density at radius 1 is 1.00 bits per heavy atom. The first kappa shape index (κ1) is 23.1. The lowest BCUT2D eigenvalue weighted by Crippen LogP contribution is -2.54. The van der Waals surface area contributed by atoms with Gasteiger partial charge in [-0.15, -0.1) is 0 Å². The number of benzene rings is 1. The van der Waals surface area contributed by atoms with E-state index in [2.05, 4.69) is 10.6 Å². The zero-order valence-corrected chi connectivity index (χ0v) is 16.3. The molecule has 1 aromatic rings. The van der Waals surface area contributed by atoms with Crippen molar-refractivity contribution in [3.05, 3.63) is 35.9 Å². The molecule has 9 nitrogen and oxygen atoms in total. The van der Waals surface area contributed by atoms with Gasteiger partial charge in [0.1, 0.15) is 18.7 Å². The Bertz CT molecular complexity index is 678. The molecule has 0 aromatic heterocycles. The average molecular weight is 393 g/mol. The fourth-order valence-electron chi connectivity index (χ4n) is 2.12. The van der Waals surface area contributed by atoms with Crippen LogP contribution in [-0.4, -0.2) is 48.5 Å². The van der Waals surface area contributed by atoms with Gasteiger partial charge in [-0.25, -0.2) is 4.79 Å². The van der Waals surface area contributed by atoms with Crippen LogP contribution in [0.2, 0.25) is 0 Å².